The molecule has 2 aliphatic heterocycles. The number of amides is 3. The van der Waals surface area contributed by atoms with Gasteiger partial charge in [0.25, 0.3) is 11.8 Å². The Morgan fingerprint density at radius 3 is 2.27 bits per heavy atom. The van der Waals surface area contributed by atoms with Crippen molar-refractivity contribution in [2.24, 2.45) is 0 Å². The van der Waals surface area contributed by atoms with Crippen molar-refractivity contribution in [2.75, 3.05) is 18.5 Å². The van der Waals surface area contributed by atoms with Gasteiger partial charge in [-0.2, -0.15) is 0 Å². The van der Waals surface area contributed by atoms with E-state index in [0.29, 0.717) is 29.5 Å². The number of Topliss-reactive ketones (excluding diaryl/α,β-unsaturated/α-hetero) is 1. The third-order valence-corrected chi connectivity index (χ3v) is 4.93. The van der Waals surface area contributed by atoms with E-state index in [4.69, 9.17) is 0 Å². The minimum atomic E-state index is -0.442. The average Bonchev–Trinajstić information content (AvgIpc) is 2.90. The van der Waals surface area contributed by atoms with Gasteiger partial charge in [0, 0.05) is 24.7 Å². The number of nitrogens with zero attached hydrogens (tertiary/aromatic N) is 2. The molecule has 0 bridgehead atoms. The molecule has 0 aromatic heterocycles. The molecule has 2 aromatic rings. The summed E-state index contributed by atoms with van der Waals surface area (Å²) in [6.07, 6.45) is 0.978. The molecule has 130 valence electrons. The molecular weight excluding hydrogens is 332 g/mol. The molecule has 4 rings (SSSR count). The molecule has 0 saturated carbocycles. The molecule has 0 radical (unpaired) electrons. The van der Waals surface area contributed by atoms with Crippen molar-refractivity contribution < 1.29 is 19.2 Å². The number of carbonyl (C=O) groups is 4. The first-order valence-electron chi connectivity index (χ1n) is 8.35. The van der Waals surface area contributed by atoms with Crippen molar-refractivity contribution in [3.05, 3.63) is 64.7 Å². The van der Waals surface area contributed by atoms with Crippen molar-refractivity contribution in [3.63, 3.8) is 0 Å². The second-order valence-electron chi connectivity index (χ2n) is 6.46. The summed E-state index contributed by atoms with van der Waals surface area (Å²) in [5.74, 6) is -1.14. The van der Waals surface area contributed by atoms with E-state index in [-0.39, 0.29) is 18.2 Å². The van der Waals surface area contributed by atoms with E-state index >= 15 is 0 Å². The Morgan fingerprint density at radius 2 is 1.62 bits per heavy atom. The lowest BCUT2D eigenvalue weighted by atomic mass is 9.97. The Morgan fingerprint density at radius 1 is 0.962 bits per heavy atom. The van der Waals surface area contributed by atoms with Crippen LogP contribution in [0.4, 0.5) is 5.69 Å². The standard InChI is InChI=1S/C20H16N2O4/c1-21-16-8-6-13(10-12(16)7-9-18(21)24)17(23)11-22-19(25)14-4-2-3-5-15(14)20(22)26/h2-6,8,10H,7,9,11H2,1H3. The highest BCUT2D eigenvalue weighted by atomic mass is 16.2. The zero-order valence-electron chi connectivity index (χ0n) is 14.2. The molecule has 2 heterocycles. The molecule has 0 saturated heterocycles. The first kappa shape index (κ1) is 16.2. The number of imide groups is 1. The van der Waals surface area contributed by atoms with Gasteiger partial charge < -0.3 is 4.90 Å². The third-order valence-electron chi connectivity index (χ3n) is 4.93. The fourth-order valence-electron chi connectivity index (χ4n) is 3.45. The first-order valence-corrected chi connectivity index (χ1v) is 8.35. The predicted octanol–water partition coefficient (Wildman–Crippen LogP) is 2.07. The molecule has 0 fully saturated rings. The number of rotatable bonds is 3. The molecular formula is C20H16N2O4. The fourth-order valence-corrected chi connectivity index (χ4v) is 3.45. The molecule has 26 heavy (non-hydrogen) atoms. The Hall–Kier alpha value is -3.28. The van der Waals surface area contributed by atoms with Crippen molar-refractivity contribution in [1.29, 1.82) is 0 Å². The smallest absolute Gasteiger partial charge is 0.261 e. The SMILES string of the molecule is CN1C(=O)CCc2cc(C(=O)CN3C(=O)c4ccccc4C3=O)ccc21. The fraction of sp³-hybridized carbons (Fsp3) is 0.200. The number of benzene rings is 2. The molecule has 2 aromatic carbocycles. The average molecular weight is 348 g/mol. The summed E-state index contributed by atoms with van der Waals surface area (Å²) >= 11 is 0. The molecule has 0 atom stereocenters. The number of hydrogen-bond donors (Lipinski definition) is 0. The van der Waals surface area contributed by atoms with Crippen LogP contribution < -0.4 is 4.90 Å². The van der Waals surface area contributed by atoms with Gasteiger partial charge in [-0.15, -0.1) is 0 Å². The lowest BCUT2D eigenvalue weighted by Crippen LogP contribution is -2.35. The number of hydrogen-bond acceptors (Lipinski definition) is 4. The van der Waals surface area contributed by atoms with E-state index in [1.165, 1.54) is 0 Å². The van der Waals surface area contributed by atoms with Gasteiger partial charge in [-0.1, -0.05) is 12.1 Å². The summed E-state index contributed by atoms with van der Waals surface area (Å²) in [4.78, 5) is 51.8. The lowest BCUT2D eigenvalue weighted by Gasteiger charge is -2.26. The number of carbonyl (C=O) groups excluding carboxylic acids is 4. The Bertz CT molecular complexity index is 945. The van der Waals surface area contributed by atoms with Crippen LogP contribution in [0.2, 0.25) is 0 Å². The quantitative estimate of drug-likeness (QED) is 0.629. The Labute approximate surface area is 150 Å². The zero-order chi connectivity index (χ0) is 18.4. The van der Waals surface area contributed by atoms with Gasteiger partial charge in [-0.3, -0.25) is 24.1 Å². The minimum absolute atomic E-state index is 0.0441. The largest absolute Gasteiger partial charge is 0.315 e. The maximum atomic E-state index is 12.6. The number of aryl methyl sites for hydroxylation is 1. The molecule has 6 heteroatoms. The maximum absolute atomic E-state index is 12.6. The summed E-state index contributed by atoms with van der Waals surface area (Å²) in [5.41, 5.74) is 2.80. The van der Waals surface area contributed by atoms with Crippen molar-refractivity contribution in [1.82, 2.24) is 4.90 Å². The monoisotopic (exact) mass is 348 g/mol. The Kier molecular flexibility index (Phi) is 3.68. The Balaban J connectivity index is 1.58. The van der Waals surface area contributed by atoms with Crippen molar-refractivity contribution in [2.45, 2.75) is 12.8 Å². The highest BCUT2D eigenvalue weighted by Crippen LogP contribution is 2.28. The van der Waals surface area contributed by atoms with E-state index in [1.807, 2.05) is 0 Å². The van der Waals surface area contributed by atoms with Gasteiger partial charge in [0.1, 0.15) is 0 Å². The number of ketones is 1. The molecule has 6 nitrogen and oxygen atoms in total. The van der Waals surface area contributed by atoms with Gasteiger partial charge in [0.2, 0.25) is 5.91 Å². The van der Waals surface area contributed by atoms with Crippen molar-refractivity contribution >= 4 is 29.2 Å². The van der Waals surface area contributed by atoms with Gasteiger partial charge in [-0.05, 0) is 42.3 Å². The van der Waals surface area contributed by atoms with Crippen LogP contribution in [0.1, 0.15) is 43.1 Å². The van der Waals surface area contributed by atoms with Crippen LogP contribution >= 0.6 is 0 Å². The van der Waals surface area contributed by atoms with Crippen LogP contribution in [0, 0.1) is 0 Å². The molecule has 0 unspecified atom stereocenters. The second kappa shape index (κ2) is 5.91. The van der Waals surface area contributed by atoms with Gasteiger partial charge in [-0.25, -0.2) is 0 Å². The van der Waals surface area contributed by atoms with Crippen LogP contribution in [0.3, 0.4) is 0 Å². The number of anilines is 1. The highest BCUT2D eigenvalue weighted by molar-refractivity contribution is 6.23. The summed E-state index contributed by atoms with van der Waals surface area (Å²) in [6, 6.07) is 11.7. The molecule has 3 amide bonds. The van der Waals surface area contributed by atoms with E-state index in [9.17, 15) is 19.2 Å². The first-order chi connectivity index (χ1) is 12.5. The summed E-state index contributed by atoms with van der Waals surface area (Å²) in [7, 11) is 1.71. The molecule has 0 spiro atoms. The van der Waals surface area contributed by atoms with E-state index in [0.717, 1.165) is 16.2 Å². The topological polar surface area (TPSA) is 74.8 Å². The zero-order valence-corrected chi connectivity index (χ0v) is 14.2. The predicted molar refractivity (Wildman–Crippen MR) is 94.3 cm³/mol. The van der Waals surface area contributed by atoms with Crippen LogP contribution in [-0.2, 0) is 11.2 Å². The van der Waals surface area contributed by atoms with Crippen LogP contribution in [0.15, 0.2) is 42.5 Å². The summed E-state index contributed by atoms with van der Waals surface area (Å²) in [5, 5.41) is 0. The molecule has 2 aliphatic rings. The normalized spacial score (nSPS) is 16.0. The molecule has 0 aliphatic carbocycles. The second-order valence-corrected chi connectivity index (χ2v) is 6.46. The number of fused-ring (bicyclic) bond motifs is 2. The summed E-state index contributed by atoms with van der Waals surface area (Å²) < 4.78 is 0. The van der Waals surface area contributed by atoms with E-state index in [1.54, 1.807) is 54.4 Å². The van der Waals surface area contributed by atoms with Gasteiger partial charge in [0.15, 0.2) is 5.78 Å². The third kappa shape index (κ3) is 2.42. The maximum Gasteiger partial charge on any atom is 0.261 e. The van der Waals surface area contributed by atoms with Gasteiger partial charge >= 0.3 is 0 Å². The van der Waals surface area contributed by atoms with E-state index < -0.39 is 11.8 Å². The summed E-state index contributed by atoms with van der Waals surface area (Å²) in [6.45, 7) is -0.292. The van der Waals surface area contributed by atoms with Crippen molar-refractivity contribution in [3.8, 4) is 0 Å². The van der Waals surface area contributed by atoms with E-state index in [2.05, 4.69) is 0 Å². The minimum Gasteiger partial charge on any atom is -0.315 e. The molecule has 0 N–H and O–H groups in total. The van der Waals surface area contributed by atoms with Crippen LogP contribution in [0.5, 0.6) is 0 Å². The lowest BCUT2D eigenvalue weighted by molar-refractivity contribution is -0.118. The van der Waals surface area contributed by atoms with Crippen LogP contribution in [-0.4, -0.2) is 42.0 Å². The van der Waals surface area contributed by atoms with Gasteiger partial charge in [0.05, 0.1) is 17.7 Å². The van der Waals surface area contributed by atoms with Crippen LogP contribution in [0.25, 0.3) is 0 Å². The highest BCUT2D eigenvalue weighted by Gasteiger charge is 2.36.